The second kappa shape index (κ2) is 5.44. The molecule has 0 unspecified atom stereocenters. The van der Waals surface area contributed by atoms with E-state index in [0.29, 0.717) is 26.2 Å². The van der Waals surface area contributed by atoms with Crippen LogP contribution in [-0.2, 0) is 4.79 Å². The molecule has 0 radical (unpaired) electrons. The molecule has 0 spiro atoms. The second-order valence-corrected chi connectivity index (χ2v) is 4.19. The molecular formula is C10H22N4O. The third-order valence-electron chi connectivity index (χ3n) is 3.25. The van der Waals surface area contributed by atoms with Gasteiger partial charge in [0.2, 0.25) is 5.91 Å². The lowest BCUT2D eigenvalue weighted by molar-refractivity contribution is -0.136. The van der Waals surface area contributed by atoms with E-state index in [0.717, 1.165) is 25.8 Å². The largest absolute Gasteiger partial charge is 0.341 e. The quantitative estimate of drug-likeness (QED) is 0.520. The summed E-state index contributed by atoms with van der Waals surface area (Å²) in [6.45, 7) is 3.06. The summed E-state index contributed by atoms with van der Waals surface area (Å²) in [4.78, 5) is 14.0. The average Bonchev–Trinajstić information content (AvgIpc) is 2.49. The van der Waals surface area contributed by atoms with Crippen molar-refractivity contribution >= 4 is 5.91 Å². The Kier molecular flexibility index (Phi) is 4.50. The van der Waals surface area contributed by atoms with Gasteiger partial charge in [-0.05, 0) is 32.4 Å². The van der Waals surface area contributed by atoms with Crippen molar-refractivity contribution in [1.29, 1.82) is 0 Å². The van der Waals surface area contributed by atoms with Crippen molar-refractivity contribution in [2.24, 2.45) is 22.6 Å². The van der Waals surface area contributed by atoms with Gasteiger partial charge in [0, 0.05) is 19.6 Å². The van der Waals surface area contributed by atoms with Gasteiger partial charge in [-0.15, -0.1) is 0 Å². The van der Waals surface area contributed by atoms with Crippen molar-refractivity contribution in [2.75, 3.05) is 32.7 Å². The van der Waals surface area contributed by atoms with Crippen LogP contribution < -0.4 is 17.2 Å². The molecule has 0 aromatic heterocycles. The molecule has 1 fully saturated rings. The summed E-state index contributed by atoms with van der Waals surface area (Å²) in [5.41, 5.74) is 16.3. The molecule has 0 aliphatic carbocycles. The molecule has 1 amide bonds. The summed E-state index contributed by atoms with van der Waals surface area (Å²) < 4.78 is 0. The molecular weight excluding hydrogens is 192 g/mol. The number of likely N-dealkylation sites (tertiary alicyclic amines) is 1. The van der Waals surface area contributed by atoms with Gasteiger partial charge in [-0.1, -0.05) is 0 Å². The number of nitrogens with two attached hydrogens (primary N) is 3. The minimum Gasteiger partial charge on any atom is -0.341 e. The number of carbonyl (C=O) groups is 1. The van der Waals surface area contributed by atoms with Gasteiger partial charge in [-0.3, -0.25) is 4.79 Å². The summed E-state index contributed by atoms with van der Waals surface area (Å²) in [6.07, 6.45) is 2.36. The summed E-state index contributed by atoms with van der Waals surface area (Å²) >= 11 is 0. The first-order valence-corrected chi connectivity index (χ1v) is 5.60. The maximum absolute atomic E-state index is 12.2. The van der Waals surface area contributed by atoms with E-state index < -0.39 is 0 Å². The van der Waals surface area contributed by atoms with Crippen LogP contribution in [0.1, 0.15) is 19.3 Å². The second-order valence-electron chi connectivity index (χ2n) is 4.19. The fourth-order valence-corrected chi connectivity index (χ4v) is 2.40. The summed E-state index contributed by atoms with van der Waals surface area (Å²) in [5, 5.41) is 0. The third-order valence-corrected chi connectivity index (χ3v) is 3.25. The predicted octanol–water partition coefficient (Wildman–Crippen LogP) is -1.14. The molecule has 0 aromatic carbocycles. The highest BCUT2D eigenvalue weighted by atomic mass is 16.2. The Bertz CT molecular complexity index is 213. The van der Waals surface area contributed by atoms with E-state index in [1.54, 1.807) is 0 Å². The Hall–Kier alpha value is -0.650. The smallest absolute Gasteiger partial charge is 0.228 e. The third kappa shape index (κ3) is 2.48. The van der Waals surface area contributed by atoms with Gasteiger partial charge in [0.15, 0.2) is 0 Å². The number of amides is 1. The number of nitrogens with zero attached hydrogens (tertiary/aromatic N) is 1. The molecule has 1 aliphatic rings. The highest BCUT2D eigenvalue weighted by Gasteiger charge is 2.44. The first kappa shape index (κ1) is 12.4. The van der Waals surface area contributed by atoms with Gasteiger partial charge >= 0.3 is 0 Å². The Balaban J connectivity index is 2.69. The Morgan fingerprint density at radius 1 is 1.13 bits per heavy atom. The van der Waals surface area contributed by atoms with E-state index in [9.17, 15) is 4.79 Å². The molecule has 1 heterocycles. The van der Waals surface area contributed by atoms with E-state index in [1.165, 1.54) is 0 Å². The van der Waals surface area contributed by atoms with E-state index in [2.05, 4.69) is 0 Å². The minimum atomic E-state index is -0.293. The predicted molar refractivity (Wildman–Crippen MR) is 60.0 cm³/mol. The van der Waals surface area contributed by atoms with Gasteiger partial charge in [0.1, 0.15) is 0 Å². The topological polar surface area (TPSA) is 98.4 Å². The Morgan fingerprint density at radius 3 is 2.20 bits per heavy atom. The van der Waals surface area contributed by atoms with Crippen LogP contribution in [0, 0.1) is 5.41 Å². The van der Waals surface area contributed by atoms with Crippen molar-refractivity contribution in [3.63, 3.8) is 0 Å². The van der Waals surface area contributed by atoms with Gasteiger partial charge < -0.3 is 22.1 Å². The molecule has 0 bridgehead atoms. The maximum atomic E-state index is 12.2. The lowest BCUT2D eigenvalue weighted by Crippen LogP contribution is -2.39. The number of hydrogen-bond donors (Lipinski definition) is 3. The number of hydrogen-bond acceptors (Lipinski definition) is 4. The van der Waals surface area contributed by atoms with Gasteiger partial charge in [-0.25, -0.2) is 0 Å². The Morgan fingerprint density at radius 2 is 1.73 bits per heavy atom. The standard InChI is InChI=1S/C10H22N4O/c11-4-1-10(2-5-12)3-7-14(8-6-13)9(10)15/h1-8,11-13H2. The van der Waals surface area contributed by atoms with Crippen molar-refractivity contribution in [2.45, 2.75) is 19.3 Å². The van der Waals surface area contributed by atoms with Gasteiger partial charge in [0.05, 0.1) is 5.41 Å². The minimum absolute atomic E-state index is 0.198. The van der Waals surface area contributed by atoms with Crippen LogP contribution >= 0.6 is 0 Å². The van der Waals surface area contributed by atoms with Crippen LogP contribution in [0.15, 0.2) is 0 Å². The van der Waals surface area contributed by atoms with E-state index in [4.69, 9.17) is 17.2 Å². The van der Waals surface area contributed by atoms with E-state index in [-0.39, 0.29) is 11.3 Å². The van der Waals surface area contributed by atoms with Crippen LogP contribution in [0.3, 0.4) is 0 Å². The Labute approximate surface area is 91.0 Å². The van der Waals surface area contributed by atoms with Crippen molar-refractivity contribution in [1.82, 2.24) is 4.90 Å². The van der Waals surface area contributed by atoms with Crippen molar-refractivity contribution in [3.05, 3.63) is 0 Å². The first-order chi connectivity index (χ1) is 7.20. The zero-order chi connectivity index (χ0) is 11.3. The molecule has 5 heteroatoms. The fourth-order valence-electron chi connectivity index (χ4n) is 2.40. The van der Waals surface area contributed by atoms with E-state index in [1.807, 2.05) is 4.90 Å². The van der Waals surface area contributed by atoms with Gasteiger partial charge in [0.25, 0.3) is 0 Å². The number of rotatable bonds is 6. The summed E-state index contributed by atoms with van der Waals surface area (Å²) in [5.74, 6) is 0.198. The highest BCUT2D eigenvalue weighted by Crippen LogP contribution is 2.37. The average molecular weight is 214 g/mol. The van der Waals surface area contributed by atoms with Gasteiger partial charge in [-0.2, -0.15) is 0 Å². The molecule has 0 aromatic rings. The highest BCUT2D eigenvalue weighted by molar-refractivity contribution is 5.84. The molecule has 6 N–H and O–H groups in total. The molecule has 15 heavy (non-hydrogen) atoms. The van der Waals surface area contributed by atoms with Crippen molar-refractivity contribution < 1.29 is 4.79 Å². The van der Waals surface area contributed by atoms with Crippen LogP contribution in [0.4, 0.5) is 0 Å². The first-order valence-electron chi connectivity index (χ1n) is 5.60. The molecule has 1 saturated heterocycles. The fraction of sp³-hybridized carbons (Fsp3) is 0.900. The van der Waals surface area contributed by atoms with Crippen molar-refractivity contribution in [3.8, 4) is 0 Å². The molecule has 5 nitrogen and oxygen atoms in total. The SMILES string of the molecule is NCCN1CCC(CCN)(CCN)C1=O. The molecule has 0 atom stereocenters. The van der Waals surface area contributed by atoms with Crippen LogP contribution in [0.5, 0.6) is 0 Å². The zero-order valence-electron chi connectivity index (χ0n) is 9.24. The summed E-state index contributed by atoms with van der Waals surface area (Å²) in [7, 11) is 0. The molecule has 1 rings (SSSR count). The lowest BCUT2D eigenvalue weighted by atomic mass is 9.79. The number of carbonyl (C=O) groups excluding carboxylic acids is 1. The molecule has 0 saturated carbocycles. The van der Waals surface area contributed by atoms with Crippen LogP contribution in [0.25, 0.3) is 0 Å². The monoisotopic (exact) mass is 214 g/mol. The zero-order valence-corrected chi connectivity index (χ0v) is 9.24. The molecule has 1 aliphatic heterocycles. The normalized spacial score (nSPS) is 19.9. The van der Waals surface area contributed by atoms with Crippen LogP contribution in [0.2, 0.25) is 0 Å². The van der Waals surface area contributed by atoms with E-state index >= 15 is 0 Å². The summed E-state index contributed by atoms with van der Waals surface area (Å²) in [6, 6.07) is 0. The van der Waals surface area contributed by atoms with Crippen LogP contribution in [-0.4, -0.2) is 43.5 Å². The maximum Gasteiger partial charge on any atom is 0.228 e. The lowest BCUT2D eigenvalue weighted by Gasteiger charge is -2.26. The molecule has 88 valence electrons.